The Morgan fingerprint density at radius 1 is 1.40 bits per heavy atom. The van der Waals surface area contributed by atoms with Crippen molar-refractivity contribution in [2.24, 2.45) is 0 Å². The van der Waals surface area contributed by atoms with Gasteiger partial charge in [-0.3, -0.25) is 9.69 Å². The van der Waals surface area contributed by atoms with Crippen LogP contribution in [0.3, 0.4) is 0 Å². The second-order valence-corrected chi connectivity index (χ2v) is 5.80. The fourth-order valence-corrected chi connectivity index (χ4v) is 2.56. The molecule has 1 aliphatic rings. The molecule has 1 fully saturated rings. The molecule has 1 heterocycles. The van der Waals surface area contributed by atoms with Crippen molar-refractivity contribution in [1.82, 2.24) is 0 Å². The van der Waals surface area contributed by atoms with Gasteiger partial charge in [0.15, 0.2) is 0 Å². The number of para-hydroxylation sites is 1. The van der Waals surface area contributed by atoms with Gasteiger partial charge in [-0.05, 0) is 30.3 Å². The number of nitriles is 1. The van der Waals surface area contributed by atoms with Crippen LogP contribution in [-0.4, -0.2) is 36.9 Å². The number of anilines is 2. The lowest BCUT2D eigenvalue weighted by Gasteiger charge is -2.23. The van der Waals surface area contributed by atoms with Gasteiger partial charge in [0.2, 0.25) is 0 Å². The number of nitrogens with zero attached hydrogens (tertiary/aromatic N) is 2. The summed E-state index contributed by atoms with van der Waals surface area (Å²) < 4.78 is 10.7. The first-order valence-electron chi connectivity index (χ1n) is 7.61. The molecule has 0 saturated carbocycles. The van der Waals surface area contributed by atoms with Crippen molar-refractivity contribution < 1.29 is 19.4 Å². The Labute approximate surface area is 149 Å². The lowest BCUT2D eigenvalue weighted by molar-refractivity contribution is -0.120. The number of carbonyl (C=O) groups excluding carboxylic acids is 1. The third-order valence-corrected chi connectivity index (χ3v) is 3.97. The highest BCUT2D eigenvalue weighted by Crippen LogP contribution is 2.34. The fourth-order valence-electron chi connectivity index (χ4n) is 2.34. The van der Waals surface area contributed by atoms with Crippen LogP contribution in [-0.2, 0) is 9.53 Å². The van der Waals surface area contributed by atoms with Gasteiger partial charge in [0.25, 0.3) is 5.91 Å². The molecule has 128 valence electrons. The predicted octanol–water partition coefficient (Wildman–Crippen LogP) is 2.65. The van der Waals surface area contributed by atoms with Crippen LogP contribution in [0.15, 0.2) is 42.5 Å². The van der Waals surface area contributed by atoms with Crippen molar-refractivity contribution in [2.75, 3.05) is 24.7 Å². The number of hydrogen-bond donors (Lipinski definition) is 1. The molecule has 2 aromatic carbocycles. The zero-order valence-electron chi connectivity index (χ0n) is 13.2. The molecule has 25 heavy (non-hydrogen) atoms. The Balaban J connectivity index is 1.97. The highest BCUT2D eigenvalue weighted by Gasteiger charge is 2.24. The van der Waals surface area contributed by atoms with Gasteiger partial charge in [0, 0.05) is 0 Å². The van der Waals surface area contributed by atoms with Gasteiger partial charge in [0.05, 0.1) is 28.6 Å². The van der Waals surface area contributed by atoms with Crippen molar-refractivity contribution in [2.45, 2.75) is 6.10 Å². The first-order valence-corrected chi connectivity index (χ1v) is 7.98. The summed E-state index contributed by atoms with van der Waals surface area (Å²) in [5.41, 5.74) is 1.12. The molecule has 2 aromatic rings. The maximum absolute atomic E-state index is 12.3. The summed E-state index contributed by atoms with van der Waals surface area (Å²) in [6.07, 6.45) is 0.0711. The molecule has 3 rings (SSSR count). The van der Waals surface area contributed by atoms with E-state index in [1.807, 2.05) is 0 Å². The molecule has 1 saturated heterocycles. The number of carbonyl (C=O) groups is 1. The van der Waals surface area contributed by atoms with Crippen LogP contribution < -0.4 is 9.64 Å². The molecule has 0 spiro atoms. The van der Waals surface area contributed by atoms with E-state index >= 15 is 0 Å². The van der Waals surface area contributed by atoms with Crippen LogP contribution in [0, 0.1) is 11.3 Å². The molecular weight excluding hydrogens is 344 g/mol. The van der Waals surface area contributed by atoms with E-state index in [9.17, 15) is 15.2 Å². The Morgan fingerprint density at radius 2 is 2.16 bits per heavy atom. The zero-order valence-corrected chi connectivity index (χ0v) is 13.9. The quantitative estimate of drug-likeness (QED) is 0.802. The lowest BCUT2D eigenvalue weighted by Crippen LogP contribution is -2.28. The molecule has 1 atom stereocenters. The minimum absolute atomic E-state index is 0.0711. The smallest absolute Gasteiger partial charge is 0.257 e. The van der Waals surface area contributed by atoms with Gasteiger partial charge in [0.1, 0.15) is 31.1 Å². The Kier molecular flexibility index (Phi) is 5.19. The Bertz CT molecular complexity index is 830. The first kappa shape index (κ1) is 17.2. The molecule has 0 bridgehead atoms. The molecule has 0 aromatic heterocycles. The van der Waals surface area contributed by atoms with E-state index in [-0.39, 0.29) is 11.7 Å². The number of amides is 1. The molecule has 1 N–H and O–H groups in total. The number of hydrogen-bond acceptors (Lipinski definition) is 5. The number of benzene rings is 2. The summed E-state index contributed by atoms with van der Waals surface area (Å²) in [7, 11) is 0. The summed E-state index contributed by atoms with van der Waals surface area (Å²) in [6, 6.07) is 13.6. The van der Waals surface area contributed by atoms with Crippen molar-refractivity contribution in [3.63, 3.8) is 0 Å². The molecular formula is C18H15ClN2O4. The van der Waals surface area contributed by atoms with E-state index in [1.165, 1.54) is 11.0 Å². The summed E-state index contributed by atoms with van der Waals surface area (Å²) in [6.45, 7) is 0.341. The topological polar surface area (TPSA) is 86.1 Å². The molecule has 0 aliphatic carbocycles. The summed E-state index contributed by atoms with van der Waals surface area (Å²) in [5.74, 6) is -0.144. The van der Waals surface area contributed by atoms with E-state index < -0.39 is 12.5 Å². The molecule has 0 radical (unpaired) electrons. The second kappa shape index (κ2) is 7.53. The largest absolute Gasteiger partial charge is 0.489 e. The second-order valence-electron chi connectivity index (χ2n) is 5.40. The number of epoxide rings is 1. The number of aliphatic hydroxyl groups excluding tert-OH is 1. The van der Waals surface area contributed by atoms with Gasteiger partial charge in [-0.25, -0.2) is 0 Å². The molecule has 6 nitrogen and oxygen atoms in total. The predicted molar refractivity (Wildman–Crippen MR) is 92.1 cm³/mol. The molecule has 1 amide bonds. The number of rotatable bonds is 6. The average Bonchev–Trinajstić information content (AvgIpc) is 3.46. The molecule has 1 aliphatic heterocycles. The monoisotopic (exact) mass is 358 g/mol. The SMILES string of the molecule is N#Cc1cc(N(C(=O)CO)c2ccccc2Cl)ccc1OCC1CO1. The van der Waals surface area contributed by atoms with E-state index in [4.69, 9.17) is 21.1 Å². The van der Waals surface area contributed by atoms with Crippen LogP contribution >= 0.6 is 11.6 Å². The first-order chi connectivity index (χ1) is 12.1. The van der Waals surface area contributed by atoms with Crippen LogP contribution in [0.4, 0.5) is 11.4 Å². The minimum atomic E-state index is -0.690. The van der Waals surface area contributed by atoms with Crippen LogP contribution in [0.5, 0.6) is 5.75 Å². The normalized spacial score (nSPS) is 15.3. The average molecular weight is 359 g/mol. The highest BCUT2D eigenvalue weighted by molar-refractivity contribution is 6.34. The number of halogens is 1. The van der Waals surface area contributed by atoms with Crippen molar-refractivity contribution in [3.05, 3.63) is 53.1 Å². The fraction of sp³-hybridized carbons (Fsp3) is 0.222. The van der Waals surface area contributed by atoms with E-state index in [0.717, 1.165) is 0 Å². The van der Waals surface area contributed by atoms with Crippen LogP contribution in [0.2, 0.25) is 5.02 Å². The highest BCUT2D eigenvalue weighted by atomic mass is 35.5. The van der Waals surface area contributed by atoms with Crippen LogP contribution in [0.1, 0.15) is 5.56 Å². The number of ether oxygens (including phenoxy) is 2. The summed E-state index contributed by atoms with van der Waals surface area (Å²) in [5, 5.41) is 19.1. The Hall–Kier alpha value is -2.59. The maximum atomic E-state index is 12.3. The Morgan fingerprint density at radius 3 is 2.80 bits per heavy atom. The van der Waals surface area contributed by atoms with E-state index in [1.54, 1.807) is 36.4 Å². The minimum Gasteiger partial charge on any atom is -0.489 e. The third kappa shape index (κ3) is 3.91. The number of aliphatic hydroxyl groups is 1. The molecule has 1 unspecified atom stereocenters. The van der Waals surface area contributed by atoms with Crippen molar-refractivity contribution in [3.8, 4) is 11.8 Å². The van der Waals surface area contributed by atoms with E-state index in [2.05, 4.69) is 6.07 Å². The van der Waals surface area contributed by atoms with E-state index in [0.29, 0.717) is 35.4 Å². The van der Waals surface area contributed by atoms with Crippen molar-refractivity contribution in [1.29, 1.82) is 5.26 Å². The van der Waals surface area contributed by atoms with Gasteiger partial charge in [-0.1, -0.05) is 23.7 Å². The van der Waals surface area contributed by atoms with Crippen LogP contribution in [0.25, 0.3) is 0 Å². The summed E-state index contributed by atoms with van der Waals surface area (Å²) >= 11 is 6.19. The molecule has 7 heteroatoms. The maximum Gasteiger partial charge on any atom is 0.257 e. The third-order valence-electron chi connectivity index (χ3n) is 3.65. The zero-order chi connectivity index (χ0) is 17.8. The van der Waals surface area contributed by atoms with Gasteiger partial charge in [-0.15, -0.1) is 0 Å². The van der Waals surface area contributed by atoms with Crippen molar-refractivity contribution >= 4 is 28.9 Å². The van der Waals surface area contributed by atoms with Gasteiger partial charge < -0.3 is 14.6 Å². The standard InChI is InChI=1S/C18H15ClN2O4/c19-15-3-1-2-4-16(15)21(18(23)9-22)13-5-6-17(12(7-13)8-20)25-11-14-10-24-14/h1-7,14,22H,9-11H2. The summed E-state index contributed by atoms with van der Waals surface area (Å²) in [4.78, 5) is 13.5. The van der Waals surface area contributed by atoms with Gasteiger partial charge in [-0.2, -0.15) is 5.26 Å². The lowest BCUT2D eigenvalue weighted by atomic mass is 10.1. The van der Waals surface area contributed by atoms with Gasteiger partial charge >= 0.3 is 0 Å².